The average molecular weight is 344 g/mol. The predicted octanol–water partition coefficient (Wildman–Crippen LogP) is 3.50. The van der Waals surface area contributed by atoms with E-state index in [1.807, 2.05) is 36.2 Å². The van der Waals surface area contributed by atoms with Gasteiger partial charge in [-0.2, -0.15) is 0 Å². The van der Waals surface area contributed by atoms with Gasteiger partial charge in [0.05, 0.1) is 0 Å². The van der Waals surface area contributed by atoms with Gasteiger partial charge in [0, 0.05) is 37.6 Å². The molecule has 0 aromatic heterocycles. The van der Waals surface area contributed by atoms with Gasteiger partial charge in [0.2, 0.25) is 0 Å². The zero-order chi connectivity index (χ0) is 18.0. The summed E-state index contributed by atoms with van der Waals surface area (Å²) in [5.74, 6) is 1.03. The Hall–Kier alpha value is -2.24. The maximum atomic E-state index is 12.7. The normalized spacial score (nSPS) is 26.3. The number of carbonyl (C=O) groups excluding carboxylic acids is 2. The summed E-state index contributed by atoms with van der Waals surface area (Å²) < 4.78 is 0. The highest BCUT2D eigenvalue weighted by atomic mass is 16.2. The Morgan fingerprint density at radius 2 is 2.00 bits per heavy atom. The smallest absolute Gasteiger partial charge is 0.321 e. The summed E-state index contributed by atoms with van der Waals surface area (Å²) in [7, 11) is 1.89. The lowest BCUT2D eigenvalue weighted by Gasteiger charge is -2.40. The van der Waals surface area contributed by atoms with Crippen LogP contribution in [-0.4, -0.2) is 43.1 Å². The fraction of sp³-hybridized carbons (Fsp3) is 0.579. The third-order valence-electron chi connectivity index (χ3n) is 5.52. The lowest BCUT2D eigenvalue weighted by atomic mass is 9.78. The molecule has 0 spiro atoms. The van der Waals surface area contributed by atoms with E-state index in [9.17, 15) is 9.59 Å². The second-order valence-electron chi connectivity index (χ2n) is 7.35. The fourth-order valence-corrected chi connectivity index (χ4v) is 4.24. The van der Waals surface area contributed by atoms with E-state index in [1.54, 1.807) is 4.90 Å². The fourth-order valence-electron chi connectivity index (χ4n) is 4.24. The van der Waals surface area contributed by atoms with Gasteiger partial charge in [0.25, 0.3) is 0 Å². The Labute approximate surface area is 149 Å². The van der Waals surface area contributed by atoms with Crippen LogP contribution in [0, 0.1) is 11.8 Å². The topological polar surface area (TPSA) is 64.7 Å². The highest BCUT2D eigenvalue weighted by molar-refractivity contribution is 5.95. The van der Waals surface area contributed by atoms with Crippen molar-refractivity contribution >= 4 is 23.4 Å². The van der Waals surface area contributed by atoms with Gasteiger partial charge in [-0.05, 0) is 42.9 Å². The number of rotatable bonds is 3. The number of hydrogen-bond acceptors (Lipinski definition) is 2. The van der Waals surface area contributed by atoms with Crippen LogP contribution in [0.25, 0.3) is 0 Å². The van der Waals surface area contributed by atoms with E-state index < -0.39 is 0 Å². The molecular weight excluding hydrogens is 316 g/mol. The van der Waals surface area contributed by atoms with E-state index in [-0.39, 0.29) is 18.1 Å². The summed E-state index contributed by atoms with van der Waals surface area (Å²) in [4.78, 5) is 28.1. The molecule has 25 heavy (non-hydrogen) atoms. The van der Waals surface area contributed by atoms with Crippen LogP contribution >= 0.6 is 0 Å². The number of benzene rings is 1. The number of nitrogens with zero attached hydrogens (tertiary/aromatic N) is 2. The van der Waals surface area contributed by atoms with Gasteiger partial charge in [-0.3, -0.25) is 4.90 Å². The van der Waals surface area contributed by atoms with Gasteiger partial charge in [-0.25, -0.2) is 9.59 Å². The highest BCUT2D eigenvalue weighted by Crippen LogP contribution is 2.32. The number of amides is 4. The molecule has 1 saturated heterocycles. The summed E-state index contributed by atoms with van der Waals surface area (Å²) in [6, 6.07) is 7.54. The molecule has 3 rings (SSSR count). The van der Waals surface area contributed by atoms with Crippen molar-refractivity contribution in [2.45, 2.75) is 39.2 Å². The van der Waals surface area contributed by atoms with Gasteiger partial charge in [0.1, 0.15) is 0 Å². The van der Waals surface area contributed by atoms with Crippen LogP contribution < -0.4 is 15.5 Å². The molecule has 0 bridgehead atoms. The second kappa shape index (κ2) is 7.33. The van der Waals surface area contributed by atoms with Crippen LogP contribution in [0.2, 0.25) is 0 Å². The van der Waals surface area contributed by atoms with Crippen LogP contribution in [0.15, 0.2) is 24.3 Å². The van der Waals surface area contributed by atoms with Crippen molar-refractivity contribution in [1.29, 1.82) is 0 Å². The van der Waals surface area contributed by atoms with Crippen molar-refractivity contribution in [3.8, 4) is 0 Å². The minimum atomic E-state index is -0.0922. The largest absolute Gasteiger partial charge is 0.336 e. The van der Waals surface area contributed by atoms with Crippen molar-refractivity contribution in [3.63, 3.8) is 0 Å². The SMILES string of the molecule is CC1CCCC(C)C1N(C)C(=O)Nc1cccc(N2CCNC2=O)c1. The molecule has 6 nitrogen and oxygen atoms in total. The summed E-state index contributed by atoms with van der Waals surface area (Å²) in [5.41, 5.74) is 1.51. The minimum absolute atomic E-state index is 0.0892. The lowest BCUT2D eigenvalue weighted by Crippen LogP contribution is -2.48. The minimum Gasteiger partial charge on any atom is -0.336 e. The monoisotopic (exact) mass is 344 g/mol. The molecule has 6 heteroatoms. The van der Waals surface area contributed by atoms with Gasteiger partial charge < -0.3 is 15.5 Å². The van der Waals surface area contributed by atoms with Gasteiger partial charge in [0.15, 0.2) is 0 Å². The summed E-state index contributed by atoms with van der Waals surface area (Å²) in [5, 5.41) is 5.78. The quantitative estimate of drug-likeness (QED) is 0.881. The maximum Gasteiger partial charge on any atom is 0.321 e. The molecule has 2 unspecified atom stereocenters. The third kappa shape index (κ3) is 3.72. The molecule has 2 fully saturated rings. The first-order chi connectivity index (χ1) is 12.0. The summed E-state index contributed by atoms with van der Waals surface area (Å²) in [6.07, 6.45) is 3.59. The Morgan fingerprint density at radius 3 is 2.64 bits per heavy atom. The molecule has 1 aromatic rings. The predicted molar refractivity (Wildman–Crippen MR) is 99.9 cm³/mol. The Bertz CT molecular complexity index is 638. The molecule has 1 aliphatic carbocycles. The van der Waals surface area contributed by atoms with Crippen molar-refractivity contribution in [2.24, 2.45) is 11.8 Å². The van der Waals surface area contributed by atoms with Crippen molar-refractivity contribution in [3.05, 3.63) is 24.3 Å². The van der Waals surface area contributed by atoms with E-state index in [1.165, 1.54) is 19.3 Å². The first-order valence-corrected chi connectivity index (χ1v) is 9.16. The Morgan fingerprint density at radius 1 is 1.28 bits per heavy atom. The third-order valence-corrected chi connectivity index (χ3v) is 5.52. The standard InChI is InChI=1S/C19H28N4O2/c1-13-6-4-7-14(2)17(13)22(3)19(25)21-15-8-5-9-16(12-15)23-11-10-20-18(23)24/h5,8-9,12-14,17H,4,6-7,10-11H2,1-3H3,(H,20,24)(H,21,25). The highest BCUT2D eigenvalue weighted by Gasteiger charge is 2.33. The van der Waals surface area contributed by atoms with Gasteiger partial charge >= 0.3 is 12.1 Å². The zero-order valence-corrected chi connectivity index (χ0v) is 15.3. The van der Waals surface area contributed by atoms with E-state index in [0.717, 1.165) is 5.69 Å². The van der Waals surface area contributed by atoms with Crippen LogP contribution in [0.4, 0.5) is 21.0 Å². The van der Waals surface area contributed by atoms with Gasteiger partial charge in [-0.15, -0.1) is 0 Å². The van der Waals surface area contributed by atoms with Crippen molar-refractivity contribution < 1.29 is 9.59 Å². The zero-order valence-electron chi connectivity index (χ0n) is 15.3. The van der Waals surface area contributed by atoms with E-state index in [2.05, 4.69) is 24.5 Å². The number of urea groups is 2. The number of carbonyl (C=O) groups is 2. The molecule has 1 aromatic carbocycles. The molecule has 2 atom stereocenters. The number of hydrogen-bond donors (Lipinski definition) is 2. The van der Waals surface area contributed by atoms with E-state index >= 15 is 0 Å². The first kappa shape index (κ1) is 17.6. The van der Waals surface area contributed by atoms with Gasteiger partial charge in [-0.1, -0.05) is 26.3 Å². The summed E-state index contributed by atoms with van der Waals surface area (Å²) >= 11 is 0. The molecule has 2 aliphatic rings. The Balaban J connectivity index is 1.69. The molecule has 1 saturated carbocycles. The average Bonchev–Trinajstić information content (AvgIpc) is 3.01. The van der Waals surface area contributed by atoms with Crippen molar-refractivity contribution in [1.82, 2.24) is 10.2 Å². The van der Waals surface area contributed by atoms with Crippen molar-refractivity contribution in [2.75, 3.05) is 30.4 Å². The molecule has 4 amide bonds. The number of nitrogens with one attached hydrogen (secondary N) is 2. The van der Waals surface area contributed by atoms with E-state index in [4.69, 9.17) is 0 Å². The number of anilines is 2. The van der Waals surface area contributed by atoms with Crippen LogP contribution in [0.3, 0.4) is 0 Å². The molecule has 1 aliphatic heterocycles. The van der Waals surface area contributed by atoms with Crippen LogP contribution in [0.1, 0.15) is 33.1 Å². The molecular formula is C19H28N4O2. The molecule has 136 valence electrons. The van der Waals surface area contributed by atoms with E-state index in [0.29, 0.717) is 30.6 Å². The van der Waals surface area contributed by atoms with Crippen LogP contribution in [-0.2, 0) is 0 Å². The molecule has 2 N–H and O–H groups in total. The second-order valence-corrected chi connectivity index (χ2v) is 7.35. The summed E-state index contributed by atoms with van der Waals surface area (Å²) in [6.45, 7) is 5.76. The lowest BCUT2D eigenvalue weighted by molar-refractivity contribution is 0.115. The maximum absolute atomic E-state index is 12.7. The molecule has 0 radical (unpaired) electrons. The molecule has 1 heterocycles. The van der Waals surface area contributed by atoms with Crippen LogP contribution in [0.5, 0.6) is 0 Å². The first-order valence-electron chi connectivity index (χ1n) is 9.16. The Kier molecular flexibility index (Phi) is 5.16.